The standard InChI is InChI=1S/C11H16BrNO2/c1-13(6-8-4-9(14)5-8)7-10-2-3-11(12)15-10/h2-3,8-9,14H,4-7H2,1H3. The van der Waals surface area contributed by atoms with E-state index in [9.17, 15) is 5.11 Å². The molecule has 0 aliphatic heterocycles. The molecule has 0 radical (unpaired) electrons. The van der Waals surface area contributed by atoms with Crippen molar-refractivity contribution in [2.75, 3.05) is 13.6 Å². The van der Waals surface area contributed by atoms with E-state index >= 15 is 0 Å². The molecule has 0 unspecified atom stereocenters. The number of hydrogen-bond donors (Lipinski definition) is 1. The van der Waals surface area contributed by atoms with Crippen molar-refractivity contribution in [1.82, 2.24) is 4.90 Å². The number of nitrogens with zero attached hydrogens (tertiary/aromatic N) is 1. The van der Waals surface area contributed by atoms with E-state index in [4.69, 9.17) is 4.42 Å². The minimum atomic E-state index is -0.0545. The Bertz CT molecular complexity index is 320. The summed E-state index contributed by atoms with van der Waals surface area (Å²) in [6.07, 6.45) is 1.85. The molecule has 1 aliphatic rings. The van der Waals surface area contributed by atoms with Crippen LogP contribution in [0.15, 0.2) is 21.2 Å². The minimum Gasteiger partial charge on any atom is -0.453 e. The van der Waals surface area contributed by atoms with E-state index in [0.29, 0.717) is 5.92 Å². The molecule has 0 atom stereocenters. The Labute approximate surface area is 98.2 Å². The maximum absolute atomic E-state index is 9.18. The molecule has 1 aromatic rings. The maximum Gasteiger partial charge on any atom is 0.169 e. The molecule has 1 N–H and O–H groups in total. The summed E-state index contributed by atoms with van der Waals surface area (Å²) in [6.45, 7) is 1.87. The molecular weight excluding hydrogens is 258 g/mol. The van der Waals surface area contributed by atoms with E-state index in [-0.39, 0.29) is 6.10 Å². The van der Waals surface area contributed by atoms with Gasteiger partial charge in [0.05, 0.1) is 12.6 Å². The van der Waals surface area contributed by atoms with Gasteiger partial charge in [-0.2, -0.15) is 0 Å². The number of rotatable bonds is 4. The van der Waals surface area contributed by atoms with E-state index in [0.717, 1.165) is 36.4 Å². The first-order valence-corrected chi connectivity index (χ1v) is 6.03. The second-order valence-corrected chi connectivity index (χ2v) is 5.18. The van der Waals surface area contributed by atoms with Crippen LogP contribution >= 0.6 is 15.9 Å². The summed E-state index contributed by atoms with van der Waals surface area (Å²) in [5.74, 6) is 1.63. The van der Waals surface area contributed by atoms with Crippen LogP contribution in [0.3, 0.4) is 0 Å². The van der Waals surface area contributed by atoms with Crippen molar-refractivity contribution in [1.29, 1.82) is 0 Å². The van der Waals surface area contributed by atoms with Crippen molar-refractivity contribution in [3.05, 3.63) is 22.6 Å². The van der Waals surface area contributed by atoms with E-state index < -0.39 is 0 Å². The van der Waals surface area contributed by atoms with Crippen molar-refractivity contribution in [3.63, 3.8) is 0 Å². The monoisotopic (exact) mass is 273 g/mol. The first kappa shape index (κ1) is 11.2. The second kappa shape index (κ2) is 4.68. The van der Waals surface area contributed by atoms with Crippen molar-refractivity contribution < 1.29 is 9.52 Å². The van der Waals surface area contributed by atoms with Crippen LogP contribution in [0.2, 0.25) is 0 Å². The zero-order valence-electron chi connectivity index (χ0n) is 8.82. The average molecular weight is 274 g/mol. The van der Waals surface area contributed by atoms with Gasteiger partial charge in [0, 0.05) is 6.54 Å². The van der Waals surface area contributed by atoms with Gasteiger partial charge in [-0.15, -0.1) is 0 Å². The fourth-order valence-electron chi connectivity index (χ4n) is 2.06. The fraction of sp³-hybridized carbons (Fsp3) is 0.636. The van der Waals surface area contributed by atoms with Gasteiger partial charge in [0.1, 0.15) is 5.76 Å². The van der Waals surface area contributed by atoms with Gasteiger partial charge in [0.15, 0.2) is 4.67 Å². The van der Waals surface area contributed by atoms with Gasteiger partial charge in [0.25, 0.3) is 0 Å². The van der Waals surface area contributed by atoms with Gasteiger partial charge in [-0.05, 0) is 53.9 Å². The average Bonchev–Trinajstić information content (AvgIpc) is 2.48. The van der Waals surface area contributed by atoms with Crippen LogP contribution in [0.5, 0.6) is 0 Å². The summed E-state index contributed by atoms with van der Waals surface area (Å²) in [7, 11) is 2.08. The van der Waals surface area contributed by atoms with Crippen LogP contribution in [-0.2, 0) is 6.54 Å². The van der Waals surface area contributed by atoms with Gasteiger partial charge in [-0.3, -0.25) is 4.90 Å². The predicted octanol–water partition coefficient (Wildman–Crippen LogP) is 2.24. The first-order chi connectivity index (χ1) is 7.13. The van der Waals surface area contributed by atoms with Crippen molar-refractivity contribution >= 4 is 15.9 Å². The van der Waals surface area contributed by atoms with E-state index in [1.807, 2.05) is 12.1 Å². The molecule has 1 aromatic heterocycles. The van der Waals surface area contributed by atoms with Gasteiger partial charge < -0.3 is 9.52 Å². The Morgan fingerprint density at radius 2 is 2.27 bits per heavy atom. The van der Waals surface area contributed by atoms with Crippen LogP contribution in [0, 0.1) is 5.92 Å². The molecular formula is C11H16BrNO2. The number of aliphatic hydroxyl groups is 1. The van der Waals surface area contributed by atoms with Crippen LogP contribution in [0.4, 0.5) is 0 Å². The van der Waals surface area contributed by atoms with Crippen LogP contribution in [-0.4, -0.2) is 29.7 Å². The smallest absolute Gasteiger partial charge is 0.169 e. The lowest BCUT2D eigenvalue weighted by atomic mass is 9.82. The van der Waals surface area contributed by atoms with Crippen molar-refractivity contribution in [2.45, 2.75) is 25.5 Å². The second-order valence-electron chi connectivity index (χ2n) is 4.39. The molecule has 1 saturated carbocycles. The summed E-state index contributed by atoms with van der Waals surface area (Å²) in [5.41, 5.74) is 0. The SMILES string of the molecule is CN(Cc1ccc(Br)o1)CC1CC(O)C1. The number of furan rings is 1. The third-order valence-electron chi connectivity index (χ3n) is 2.84. The highest BCUT2D eigenvalue weighted by Gasteiger charge is 2.27. The molecule has 0 aromatic carbocycles. The quantitative estimate of drug-likeness (QED) is 0.914. The number of hydrogen-bond acceptors (Lipinski definition) is 3. The molecule has 2 rings (SSSR count). The Morgan fingerprint density at radius 1 is 1.53 bits per heavy atom. The topological polar surface area (TPSA) is 36.6 Å². The molecule has 0 spiro atoms. The lowest BCUT2D eigenvalue weighted by Crippen LogP contribution is -2.36. The highest BCUT2D eigenvalue weighted by Crippen LogP contribution is 2.28. The molecule has 1 aliphatic carbocycles. The largest absolute Gasteiger partial charge is 0.453 e. The third kappa shape index (κ3) is 3.06. The fourth-order valence-corrected chi connectivity index (χ4v) is 2.40. The summed E-state index contributed by atoms with van der Waals surface area (Å²) in [5, 5.41) is 9.18. The van der Waals surface area contributed by atoms with E-state index in [1.54, 1.807) is 0 Å². The van der Waals surface area contributed by atoms with E-state index in [2.05, 4.69) is 27.9 Å². The van der Waals surface area contributed by atoms with Crippen LogP contribution < -0.4 is 0 Å². The lowest BCUT2D eigenvalue weighted by Gasteiger charge is -2.34. The highest BCUT2D eigenvalue weighted by molar-refractivity contribution is 9.10. The van der Waals surface area contributed by atoms with Crippen molar-refractivity contribution in [3.8, 4) is 0 Å². The minimum absolute atomic E-state index is 0.0545. The Morgan fingerprint density at radius 3 is 2.80 bits per heavy atom. The Balaban J connectivity index is 1.75. The maximum atomic E-state index is 9.18. The van der Waals surface area contributed by atoms with Gasteiger partial charge in [-0.1, -0.05) is 0 Å². The first-order valence-electron chi connectivity index (χ1n) is 5.24. The molecule has 0 bridgehead atoms. The van der Waals surface area contributed by atoms with Gasteiger partial charge in [-0.25, -0.2) is 0 Å². The normalized spacial score (nSPS) is 25.6. The predicted molar refractivity (Wildman–Crippen MR) is 61.5 cm³/mol. The number of halogens is 1. The molecule has 3 nitrogen and oxygen atoms in total. The zero-order valence-corrected chi connectivity index (χ0v) is 10.4. The Hall–Kier alpha value is -0.320. The van der Waals surface area contributed by atoms with Crippen molar-refractivity contribution in [2.24, 2.45) is 5.92 Å². The van der Waals surface area contributed by atoms with Crippen LogP contribution in [0.1, 0.15) is 18.6 Å². The Kier molecular flexibility index (Phi) is 3.49. The molecule has 15 heavy (non-hydrogen) atoms. The summed E-state index contributed by atoms with van der Waals surface area (Å²) >= 11 is 3.29. The molecule has 4 heteroatoms. The summed E-state index contributed by atoms with van der Waals surface area (Å²) in [4.78, 5) is 2.24. The third-order valence-corrected chi connectivity index (χ3v) is 3.26. The zero-order chi connectivity index (χ0) is 10.8. The molecule has 0 saturated heterocycles. The summed E-state index contributed by atoms with van der Waals surface area (Å²) < 4.78 is 6.22. The molecule has 0 amide bonds. The lowest BCUT2D eigenvalue weighted by molar-refractivity contribution is 0.0266. The van der Waals surface area contributed by atoms with Crippen LogP contribution in [0.25, 0.3) is 0 Å². The molecule has 1 fully saturated rings. The molecule has 84 valence electrons. The molecule has 1 heterocycles. The van der Waals surface area contributed by atoms with Gasteiger partial charge in [0.2, 0.25) is 0 Å². The summed E-state index contributed by atoms with van der Waals surface area (Å²) in [6, 6.07) is 3.90. The van der Waals surface area contributed by atoms with Gasteiger partial charge >= 0.3 is 0 Å². The van der Waals surface area contributed by atoms with E-state index in [1.165, 1.54) is 0 Å². The highest BCUT2D eigenvalue weighted by atomic mass is 79.9. The number of aliphatic hydroxyl groups excluding tert-OH is 1.